The summed E-state index contributed by atoms with van der Waals surface area (Å²) >= 11 is 0. The van der Waals surface area contributed by atoms with Gasteiger partial charge in [-0.05, 0) is 31.9 Å². The minimum Gasteiger partial charge on any atom is -0.504 e. The monoisotopic (exact) mass is 242 g/mol. The summed E-state index contributed by atoms with van der Waals surface area (Å²) in [6.45, 7) is 3.06. The number of phenols is 1. The topological polar surface area (TPSA) is 66.8 Å². The molecule has 0 amide bonds. The number of ether oxygens (including phenoxy) is 1. The van der Waals surface area contributed by atoms with Crippen LogP contribution in [0.15, 0.2) is 12.1 Å². The van der Waals surface area contributed by atoms with Gasteiger partial charge in [-0.25, -0.2) is 4.39 Å². The minimum atomic E-state index is -1.04. The van der Waals surface area contributed by atoms with Crippen LogP contribution in [0.4, 0.5) is 4.39 Å². The number of hydrogen-bond donors (Lipinski definition) is 2. The first-order valence-corrected chi connectivity index (χ1v) is 5.07. The van der Waals surface area contributed by atoms with Gasteiger partial charge in [0.25, 0.3) is 0 Å². The third-order valence-electron chi connectivity index (χ3n) is 2.58. The highest BCUT2D eigenvalue weighted by molar-refractivity contribution is 5.74. The van der Waals surface area contributed by atoms with E-state index in [-0.39, 0.29) is 17.9 Å². The molecule has 2 N–H and O–H groups in total. The van der Waals surface area contributed by atoms with Crippen LogP contribution in [0.3, 0.4) is 0 Å². The average molecular weight is 242 g/mol. The number of carboxylic acids is 1. The molecule has 0 spiro atoms. The second-order valence-corrected chi connectivity index (χ2v) is 4.45. The molecule has 0 radical (unpaired) electrons. The van der Waals surface area contributed by atoms with Gasteiger partial charge in [-0.3, -0.25) is 4.79 Å². The van der Waals surface area contributed by atoms with Gasteiger partial charge < -0.3 is 14.9 Å². The van der Waals surface area contributed by atoms with E-state index in [0.717, 1.165) is 6.07 Å². The highest BCUT2D eigenvalue weighted by Gasteiger charge is 2.29. The Morgan fingerprint density at radius 3 is 2.53 bits per heavy atom. The van der Waals surface area contributed by atoms with Crippen molar-refractivity contribution in [1.82, 2.24) is 0 Å². The maximum absolute atomic E-state index is 13.2. The Morgan fingerprint density at radius 1 is 1.47 bits per heavy atom. The lowest BCUT2D eigenvalue weighted by Crippen LogP contribution is -2.26. The van der Waals surface area contributed by atoms with E-state index in [1.54, 1.807) is 0 Å². The van der Waals surface area contributed by atoms with E-state index in [1.807, 2.05) is 0 Å². The van der Waals surface area contributed by atoms with E-state index >= 15 is 0 Å². The molecule has 0 fully saturated rings. The Hall–Kier alpha value is -1.78. The Morgan fingerprint density at radius 2 is 2.06 bits per heavy atom. The smallest absolute Gasteiger partial charge is 0.309 e. The zero-order chi connectivity index (χ0) is 13.2. The Labute approximate surface area is 98.7 Å². The molecule has 4 nitrogen and oxygen atoms in total. The molecule has 1 aromatic rings. The summed E-state index contributed by atoms with van der Waals surface area (Å²) in [5.74, 6) is -2.27. The van der Waals surface area contributed by atoms with Crippen molar-refractivity contribution < 1.29 is 24.1 Å². The van der Waals surface area contributed by atoms with E-state index in [4.69, 9.17) is 9.84 Å². The Balaban J connectivity index is 3.13. The molecule has 0 atom stereocenters. The molecule has 94 valence electrons. The molecule has 0 bridgehead atoms. The predicted molar refractivity (Wildman–Crippen MR) is 59.7 cm³/mol. The number of halogens is 1. The zero-order valence-electron chi connectivity index (χ0n) is 9.95. The normalized spacial score (nSPS) is 11.3. The van der Waals surface area contributed by atoms with E-state index in [2.05, 4.69) is 0 Å². The highest BCUT2D eigenvalue weighted by Crippen LogP contribution is 2.36. The molecule has 0 saturated carbocycles. The van der Waals surface area contributed by atoms with Gasteiger partial charge in [-0.1, -0.05) is 6.07 Å². The van der Waals surface area contributed by atoms with Gasteiger partial charge in [0.15, 0.2) is 17.3 Å². The van der Waals surface area contributed by atoms with Crippen molar-refractivity contribution in [3.05, 3.63) is 23.5 Å². The third kappa shape index (κ3) is 2.67. The Bertz CT molecular complexity index is 440. The molecule has 0 aliphatic heterocycles. The predicted octanol–water partition coefficient (Wildman–Crippen LogP) is 2.19. The molecular weight excluding hydrogens is 227 g/mol. The fourth-order valence-corrected chi connectivity index (χ4v) is 1.48. The third-order valence-corrected chi connectivity index (χ3v) is 2.58. The first kappa shape index (κ1) is 13.3. The molecule has 0 saturated heterocycles. The molecule has 17 heavy (non-hydrogen) atoms. The van der Waals surface area contributed by atoms with E-state index < -0.39 is 17.2 Å². The summed E-state index contributed by atoms with van der Waals surface area (Å²) in [6, 6.07) is 2.50. The maximum atomic E-state index is 13.2. The highest BCUT2D eigenvalue weighted by atomic mass is 19.1. The maximum Gasteiger partial charge on any atom is 0.309 e. The van der Waals surface area contributed by atoms with Crippen LogP contribution in [0.25, 0.3) is 0 Å². The first-order valence-electron chi connectivity index (χ1n) is 5.07. The Kier molecular flexibility index (Phi) is 3.60. The number of aromatic hydroxyl groups is 1. The molecule has 0 aliphatic carbocycles. The number of methoxy groups -OCH3 is 1. The van der Waals surface area contributed by atoms with E-state index in [9.17, 15) is 14.3 Å². The van der Waals surface area contributed by atoms with Crippen molar-refractivity contribution in [1.29, 1.82) is 0 Å². The number of carbonyl (C=O) groups is 1. The molecule has 1 rings (SSSR count). The average Bonchev–Trinajstić information content (AvgIpc) is 2.23. The lowest BCUT2D eigenvalue weighted by Gasteiger charge is -2.20. The van der Waals surface area contributed by atoms with E-state index in [0.29, 0.717) is 5.56 Å². The van der Waals surface area contributed by atoms with Crippen LogP contribution >= 0.6 is 0 Å². The number of rotatable bonds is 4. The number of phenolic OH excluding ortho intramolecular Hbond substituents is 1. The molecule has 0 unspecified atom stereocenters. The molecule has 0 aromatic heterocycles. The lowest BCUT2D eigenvalue weighted by atomic mass is 9.85. The van der Waals surface area contributed by atoms with Gasteiger partial charge >= 0.3 is 5.97 Å². The van der Waals surface area contributed by atoms with Crippen molar-refractivity contribution >= 4 is 5.97 Å². The van der Waals surface area contributed by atoms with Crippen molar-refractivity contribution in [2.75, 3.05) is 7.11 Å². The SMILES string of the molecule is COc1c(F)ccc(CC(C)(C)C(=O)O)c1O. The van der Waals surface area contributed by atoms with Crippen LogP contribution < -0.4 is 4.74 Å². The number of hydrogen-bond acceptors (Lipinski definition) is 3. The van der Waals surface area contributed by atoms with Crippen LogP contribution in [0, 0.1) is 11.2 Å². The molecule has 0 heterocycles. The number of carboxylic acid groups (broad SMARTS) is 1. The summed E-state index contributed by atoms with van der Waals surface area (Å²) in [6.07, 6.45) is 0.0881. The summed E-state index contributed by atoms with van der Waals surface area (Å²) in [5, 5.41) is 18.7. The van der Waals surface area contributed by atoms with Crippen molar-refractivity contribution in [3.8, 4) is 11.5 Å². The van der Waals surface area contributed by atoms with Gasteiger partial charge in [0.1, 0.15) is 0 Å². The molecule has 5 heteroatoms. The molecule has 1 aromatic carbocycles. The van der Waals surface area contributed by atoms with Gasteiger partial charge in [0, 0.05) is 0 Å². The van der Waals surface area contributed by atoms with Crippen LogP contribution in [0.2, 0.25) is 0 Å². The van der Waals surface area contributed by atoms with Crippen LogP contribution in [-0.4, -0.2) is 23.3 Å². The van der Waals surface area contributed by atoms with Gasteiger partial charge in [-0.2, -0.15) is 0 Å². The minimum absolute atomic E-state index is 0.0881. The summed E-state index contributed by atoms with van der Waals surface area (Å²) in [7, 11) is 1.24. The standard InChI is InChI=1S/C12H15FO4/c1-12(2,11(15)16)6-7-4-5-8(13)10(17-3)9(7)14/h4-5,14H,6H2,1-3H3,(H,15,16). The van der Waals surface area contributed by atoms with Gasteiger partial charge in [-0.15, -0.1) is 0 Å². The van der Waals surface area contributed by atoms with Crippen molar-refractivity contribution in [2.24, 2.45) is 5.41 Å². The zero-order valence-corrected chi connectivity index (χ0v) is 9.95. The van der Waals surface area contributed by atoms with Crippen molar-refractivity contribution in [2.45, 2.75) is 20.3 Å². The van der Waals surface area contributed by atoms with Crippen LogP contribution in [0.1, 0.15) is 19.4 Å². The van der Waals surface area contributed by atoms with Crippen LogP contribution in [0.5, 0.6) is 11.5 Å². The van der Waals surface area contributed by atoms with Crippen molar-refractivity contribution in [3.63, 3.8) is 0 Å². The quantitative estimate of drug-likeness (QED) is 0.849. The second kappa shape index (κ2) is 4.61. The second-order valence-electron chi connectivity index (χ2n) is 4.45. The molecular formula is C12H15FO4. The summed E-state index contributed by atoms with van der Waals surface area (Å²) < 4.78 is 17.9. The number of aliphatic carboxylic acids is 1. The fraction of sp³-hybridized carbons (Fsp3) is 0.417. The number of benzene rings is 1. The lowest BCUT2D eigenvalue weighted by molar-refractivity contribution is -0.146. The van der Waals surface area contributed by atoms with E-state index in [1.165, 1.54) is 27.0 Å². The van der Waals surface area contributed by atoms with Gasteiger partial charge in [0.05, 0.1) is 12.5 Å². The first-order chi connectivity index (χ1) is 7.79. The fourth-order valence-electron chi connectivity index (χ4n) is 1.48. The van der Waals surface area contributed by atoms with Gasteiger partial charge in [0.2, 0.25) is 0 Å². The van der Waals surface area contributed by atoms with Crippen LogP contribution in [-0.2, 0) is 11.2 Å². The summed E-state index contributed by atoms with van der Waals surface area (Å²) in [5.41, 5.74) is -0.698. The summed E-state index contributed by atoms with van der Waals surface area (Å²) in [4.78, 5) is 11.0. The molecule has 0 aliphatic rings. The largest absolute Gasteiger partial charge is 0.504 e.